The first-order valence-corrected chi connectivity index (χ1v) is 8.36. The molecule has 8 heteroatoms. The minimum Gasteiger partial charge on any atom is -0.390 e. The molecule has 1 aliphatic heterocycles. The maximum atomic E-state index is 9.47. The van der Waals surface area contributed by atoms with Crippen LogP contribution in [0.25, 0.3) is 11.4 Å². The third-order valence-electron chi connectivity index (χ3n) is 3.80. The zero-order valence-corrected chi connectivity index (χ0v) is 14.5. The maximum Gasteiger partial charge on any atom is 0.158 e. The Kier molecular flexibility index (Phi) is 5.37. The summed E-state index contributed by atoms with van der Waals surface area (Å²) in [5.41, 5.74) is 2.64. The molecule has 124 valence electrons. The maximum absolute atomic E-state index is 9.47. The molecule has 1 atom stereocenters. The molecule has 0 saturated carbocycles. The Hall–Kier alpha value is -1.35. The average molecular weight is 383 g/mol. The van der Waals surface area contributed by atoms with Crippen LogP contribution in [0.15, 0.2) is 16.6 Å². The van der Waals surface area contributed by atoms with Gasteiger partial charge in [-0.1, -0.05) is 5.21 Å². The molecule has 0 amide bonds. The minimum atomic E-state index is -0.161. The molecule has 7 nitrogen and oxygen atoms in total. The number of halogens is 1. The number of aromatic nitrogens is 4. The minimum absolute atomic E-state index is 0.141. The van der Waals surface area contributed by atoms with Crippen molar-refractivity contribution in [1.29, 1.82) is 0 Å². The third-order valence-corrected chi connectivity index (χ3v) is 4.52. The molecular weight excluding hydrogens is 364 g/mol. The molecule has 1 saturated heterocycles. The van der Waals surface area contributed by atoms with Gasteiger partial charge in [-0.25, -0.2) is 9.67 Å². The standard InChI is InChI=1S/C15H19BrN4O3/c1-20-13(8-21)15(18-19-20)11-6-5-10(16)12(17-11)9-23-14-4-2-3-7-22-14/h5-6,14,21H,2-4,7-9H2,1H3. The highest BCUT2D eigenvalue weighted by Gasteiger charge is 2.17. The fourth-order valence-corrected chi connectivity index (χ4v) is 2.82. The Morgan fingerprint density at radius 1 is 1.43 bits per heavy atom. The highest BCUT2D eigenvalue weighted by molar-refractivity contribution is 9.10. The van der Waals surface area contributed by atoms with Crippen LogP contribution in [-0.2, 0) is 29.7 Å². The van der Waals surface area contributed by atoms with Crippen LogP contribution in [0.1, 0.15) is 30.7 Å². The monoisotopic (exact) mass is 382 g/mol. The van der Waals surface area contributed by atoms with Gasteiger partial charge in [0.15, 0.2) is 6.29 Å². The van der Waals surface area contributed by atoms with Gasteiger partial charge in [-0.05, 0) is 47.3 Å². The van der Waals surface area contributed by atoms with Gasteiger partial charge in [0.05, 0.1) is 30.3 Å². The lowest BCUT2D eigenvalue weighted by Gasteiger charge is -2.22. The largest absolute Gasteiger partial charge is 0.390 e. The molecule has 1 aliphatic rings. The van der Waals surface area contributed by atoms with Gasteiger partial charge in [0.2, 0.25) is 0 Å². The Bertz CT molecular complexity index is 671. The van der Waals surface area contributed by atoms with Gasteiger partial charge in [0, 0.05) is 18.1 Å². The number of aryl methyl sites for hydroxylation is 1. The van der Waals surface area contributed by atoms with Crippen molar-refractivity contribution >= 4 is 15.9 Å². The molecule has 3 rings (SSSR count). The predicted octanol–water partition coefficient (Wildman–Crippen LogP) is 2.18. The van der Waals surface area contributed by atoms with Crippen LogP contribution in [0.5, 0.6) is 0 Å². The predicted molar refractivity (Wildman–Crippen MR) is 86.2 cm³/mol. The topological polar surface area (TPSA) is 82.3 Å². The summed E-state index contributed by atoms with van der Waals surface area (Å²) in [6.45, 7) is 0.963. The molecule has 0 radical (unpaired) electrons. The summed E-state index contributed by atoms with van der Waals surface area (Å²) in [4.78, 5) is 4.59. The van der Waals surface area contributed by atoms with E-state index in [0.717, 1.165) is 36.0 Å². The highest BCUT2D eigenvalue weighted by atomic mass is 79.9. The molecule has 2 aromatic heterocycles. The van der Waals surface area contributed by atoms with E-state index in [1.54, 1.807) is 11.7 Å². The first-order valence-electron chi connectivity index (χ1n) is 7.57. The number of nitrogens with zero attached hydrogens (tertiary/aromatic N) is 4. The van der Waals surface area contributed by atoms with Gasteiger partial charge in [-0.2, -0.15) is 0 Å². The lowest BCUT2D eigenvalue weighted by molar-refractivity contribution is -0.169. The molecule has 3 heterocycles. The molecular formula is C15H19BrN4O3. The zero-order chi connectivity index (χ0) is 16.2. The van der Waals surface area contributed by atoms with Crippen molar-refractivity contribution in [2.45, 2.75) is 38.8 Å². The second kappa shape index (κ2) is 7.48. The summed E-state index contributed by atoms with van der Waals surface area (Å²) in [6.07, 6.45) is 2.97. The van der Waals surface area contributed by atoms with E-state index >= 15 is 0 Å². The van der Waals surface area contributed by atoms with E-state index in [9.17, 15) is 5.11 Å². The van der Waals surface area contributed by atoms with Crippen molar-refractivity contribution in [3.8, 4) is 11.4 Å². The van der Waals surface area contributed by atoms with Gasteiger partial charge in [0.25, 0.3) is 0 Å². The van der Waals surface area contributed by atoms with Gasteiger partial charge in [-0.15, -0.1) is 5.10 Å². The molecule has 1 unspecified atom stereocenters. The Morgan fingerprint density at radius 3 is 3.04 bits per heavy atom. The number of rotatable bonds is 5. The molecule has 1 N–H and O–H groups in total. The van der Waals surface area contributed by atoms with Crippen molar-refractivity contribution in [2.75, 3.05) is 6.61 Å². The summed E-state index contributed by atoms with van der Waals surface area (Å²) in [7, 11) is 1.74. The molecule has 23 heavy (non-hydrogen) atoms. The van der Waals surface area contributed by atoms with E-state index in [2.05, 4.69) is 31.2 Å². The second-order valence-electron chi connectivity index (χ2n) is 5.40. The van der Waals surface area contributed by atoms with Crippen LogP contribution in [0.2, 0.25) is 0 Å². The van der Waals surface area contributed by atoms with Crippen molar-refractivity contribution in [1.82, 2.24) is 20.0 Å². The molecule has 0 spiro atoms. The first kappa shape index (κ1) is 16.5. The van der Waals surface area contributed by atoms with Crippen molar-refractivity contribution in [3.05, 3.63) is 28.0 Å². The third kappa shape index (κ3) is 3.77. The van der Waals surface area contributed by atoms with E-state index in [1.807, 2.05) is 12.1 Å². The fourth-order valence-electron chi connectivity index (χ4n) is 2.49. The van der Waals surface area contributed by atoms with E-state index in [-0.39, 0.29) is 12.9 Å². The number of pyridine rings is 1. The van der Waals surface area contributed by atoms with Crippen LogP contribution in [0.4, 0.5) is 0 Å². The van der Waals surface area contributed by atoms with E-state index in [1.165, 1.54) is 0 Å². The lowest BCUT2D eigenvalue weighted by atomic mass is 10.2. The Balaban J connectivity index is 1.78. The van der Waals surface area contributed by atoms with E-state index < -0.39 is 0 Å². The summed E-state index contributed by atoms with van der Waals surface area (Å²) >= 11 is 3.49. The Labute approximate surface area is 142 Å². The second-order valence-corrected chi connectivity index (χ2v) is 6.25. The molecule has 0 aromatic carbocycles. The van der Waals surface area contributed by atoms with Gasteiger partial charge < -0.3 is 14.6 Å². The number of aliphatic hydroxyl groups excluding tert-OH is 1. The van der Waals surface area contributed by atoms with Crippen LogP contribution in [0, 0.1) is 0 Å². The van der Waals surface area contributed by atoms with Crippen LogP contribution >= 0.6 is 15.9 Å². The van der Waals surface area contributed by atoms with E-state index in [0.29, 0.717) is 23.7 Å². The van der Waals surface area contributed by atoms with Crippen LogP contribution in [0.3, 0.4) is 0 Å². The van der Waals surface area contributed by atoms with Crippen molar-refractivity contribution in [3.63, 3.8) is 0 Å². The Morgan fingerprint density at radius 2 is 2.30 bits per heavy atom. The van der Waals surface area contributed by atoms with Gasteiger partial charge in [0.1, 0.15) is 5.69 Å². The molecule has 1 fully saturated rings. The lowest BCUT2D eigenvalue weighted by Crippen LogP contribution is -2.22. The first-order chi connectivity index (χ1) is 11.2. The summed E-state index contributed by atoms with van der Waals surface area (Å²) in [6, 6.07) is 3.74. The average Bonchev–Trinajstić information content (AvgIpc) is 2.96. The SMILES string of the molecule is Cn1nnc(-c2ccc(Br)c(COC3CCCCO3)n2)c1CO. The summed E-state index contributed by atoms with van der Waals surface area (Å²) in [5, 5.41) is 17.5. The van der Waals surface area contributed by atoms with Gasteiger partial charge >= 0.3 is 0 Å². The van der Waals surface area contributed by atoms with Crippen LogP contribution < -0.4 is 0 Å². The number of hydrogen-bond acceptors (Lipinski definition) is 6. The quantitative estimate of drug-likeness (QED) is 0.852. The normalized spacial score (nSPS) is 18.3. The van der Waals surface area contributed by atoms with E-state index in [4.69, 9.17) is 9.47 Å². The smallest absolute Gasteiger partial charge is 0.158 e. The zero-order valence-electron chi connectivity index (χ0n) is 12.9. The highest BCUT2D eigenvalue weighted by Crippen LogP contribution is 2.24. The van der Waals surface area contributed by atoms with Gasteiger partial charge in [-0.3, -0.25) is 0 Å². The molecule has 0 aliphatic carbocycles. The molecule has 0 bridgehead atoms. The van der Waals surface area contributed by atoms with Crippen molar-refractivity contribution < 1.29 is 14.6 Å². The van der Waals surface area contributed by atoms with Crippen molar-refractivity contribution in [2.24, 2.45) is 7.05 Å². The van der Waals surface area contributed by atoms with Crippen LogP contribution in [-0.4, -0.2) is 38.0 Å². The number of aliphatic hydroxyl groups is 1. The summed E-state index contributed by atoms with van der Waals surface area (Å²) in [5.74, 6) is 0. The number of hydrogen-bond donors (Lipinski definition) is 1. The summed E-state index contributed by atoms with van der Waals surface area (Å²) < 4.78 is 13.8. The molecule has 2 aromatic rings. The number of ether oxygens (including phenoxy) is 2. The fraction of sp³-hybridized carbons (Fsp3) is 0.533.